The third-order valence-corrected chi connectivity index (χ3v) is 3.37. The highest BCUT2D eigenvalue weighted by Gasteiger charge is 2.14. The molecule has 0 amide bonds. The molecule has 2 rings (SSSR count). The average molecular weight is 256 g/mol. The van der Waals surface area contributed by atoms with Crippen molar-refractivity contribution in [2.75, 3.05) is 0 Å². The molecule has 1 heterocycles. The summed E-state index contributed by atoms with van der Waals surface area (Å²) in [6.45, 7) is 6.64. The molecule has 0 radical (unpaired) electrons. The fourth-order valence-corrected chi connectivity index (χ4v) is 2.83. The molecule has 0 aliphatic heterocycles. The van der Waals surface area contributed by atoms with E-state index in [1.165, 1.54) is 0 Å². The van der Waals surface area contributed by atoms with Crippen molar-refractivity contribution in [2.24, 2.45) is 5.41 Å². The van der Waals surface area contributed by atoms with Crippen molar-refractivity contribution in [3.63, 3.8) is 0 Å². The van der Waals surface area contributed by atoms with Crippen LogP contribution >= 0.6 is 11.3 Å². The van der Waals surface area contributed by atoms with Crippen molar-refractivity contribution in [3.05, 3.63) is 40.2 Å². The van der Waals surface area contributed by atoms with Crippen molar-refractivity contribution in [1.29, 1.82) is 5.26 Å². The van der Waals surface area contributed by atoms with Crippen molar-refractivity contribution in [3.8, 4) is 17.3 Å². The zero-order valence-electron chi connectivity index (χ0n) is 10.9. The van der Waals surface area contributed by atoms with Gasteiger partial charge in [0.05, 0.1) is 22.3 Å². The van der Waals surface area contributed by atoms with Crippen molar-refractivity contribution < 1.29 is 0 Å². The predicted molar refractivity (Wildman–Crippen MR) is 75.4 cm³/mol. The first kappa shape index (κ1) is 12.8. The highest BCUT2D eigenvalue weighted by Crippen LogP contribution is 2.27. The second-order valence-corrected chi connectivity index (χ2v) is 6.50. The van der Waals surface area contributed by atoms with E-state index in [0.717, 1.165) is 22.7 Å². The Hall–Kier alpha value is -1.66. The van der Waals surface area contributed by atoms with Crippen LogP contribution in [0.25, 0.3) is 11.3 Å². The first-order valence-electron chi connectivity index (χ1n) is 5.93. The number of benzene rings is 1. The van der Waals surface area contributed by atoms with Gasteiger partial charge in [-0.15, -0.1) is 11.3 Å². The molecule has 0 N–H and O–H groups in total. The number of thiazole rings is 1. The zero-order valence-corrected chi connectivity index (χ0v) is 11.7. The molecule has 2 nitrogen and oxygen atoms in total. The predicted octanol–water partition coefficient (Wildman–Crippen LogP) is 4.27. The van der Waals surface area contributed by atoms with Crippen LogP contribution in [-0.2, 0) is 6.42 Å². The second-order valence-electron chi connectivity index (χ2n) is 5.56. The molecule has 18 heavy (non-hydrogen) atoms. The fourth-order valence-electron chi connectivity index (χ4n) is 1.73. The summed E-state index contributed by atoms with van der Waals surface area (Å²) in [6, 6.07) is 9.75. The Kier molecular flexibility index (Phi) is 3.49. The summed E-state index contributed by atoms with van der Waals surface area (Å²) in [5.41, 5.74) is 2.92. The lowest BCUT2D eigenvalue weighted by atomic mass is 9.93. The Balaban J connectivity index is 2.27. The van der Waals surface area contributed by atoms with Gasteiger partial charge < -0.3 is 0 Å². The third kappa shape index (κ3) is 3.18. The van der Waals surface area contributed by atoms with Crippen LogP contribution in [0.4, 0.5) is 0 Å². The monoisotopic (exact) mass is 256 g/mol. The SMILES string of the molecule is CC(C)(C)Cc1nc(-c2cccc(C#N)c2)cs1. The van der Waals surface area contributed by atoms with Gasteiger partial charge in [-0.2, -0.15) is 5.26 Å². The molecule has 0 saturated heterocycles. The van der Waals surface area contributed by atoms with Gasteiger partial charge in [0.15, 0.2) is 0 Å². The Bertz CT molecular complexity index is 585. The van der Waals surface area contributed by atoms with Crippen LogP contribution in [0.2, 0.25) is 0 Å². The molecule has 0 spiro atoms. The summed E-state index contributed by atoms with van der Waals surface area (Å²) >= 11 is 1.69. The summed E-state index contributed by atoms with van der Waals surface area (Å²) in [4.78, 5) is 4.65. The van der Waals surface area contributed by atoms with E-state index < -0.39 is 0 Å². The van der Waals surface area contributed by atoms with Gasteiger partial charge >= 0.3 is 0 Å². The van der Waals surface area contributed by atoms with Crippen molar-refractivity contribution in [1.82, 2.24) is 4.98 Å². The van der Waals surface area contributed by atoms with E-state index in [9.17, 15) is 0 Å². The normalized spacial score (nSPS) is 11.2. The minimum Gasteiger partial charge on any atom is -0.241 e. The molecular formula is C15H16N2S. The van der Waals surface area contributed by atoms with E-state index in [4.69, 9.17) is 5.26 Å². The standard InChI is InChI=1S/C15H16N2S/c1-15(2,3)8-14-17-13(10-18-14)12-6-4-5-11(7-12)9-16/h4-7,10H,8H2,1-3H3. The van der Waals surface area contributed by atoms with Gasteiger partial charge in [-0.05, 0) is 17.5 Å². The minimum absolute atomic E-state index is 0.254. The highest BCUT2D eigenvalue weighted by atomic mass is 32.1. The van der Waals surface area contributed by atoms with Crippen LogP contribution in [0, 0.1) is 16.7 Å². The van der Waals surface area contributed by atoms with E-state index >= 15 is 0 Å². The summed E-state index contributed by atoms with van der Waals surface area (Å²) in [5, 5.41) is 12.1. The maximum atomic E-state index is 8.90. The van der Waals surface area contributed by atoms with Crippen LogP contribution in [0.5, 0.6) is 0 Å². The maximum Gasteiger partial charge on any atom is 0.0991 e. The van der Waals surface area contributed by atoms with Crippen LogP contribution in [-0.4, -0.2) is 4.98 Å². The number of nitrogens with zero attached hydrogens (tertiary/aromatic N) is 2. The van der Waals surface area contributed by atoms with Crippen LogP contribution in [0.1, 0.15) is 31.3 Å². The number of hydrogen-bond acceptors (Lipinski definition) is 3. The van der Waals surface area contributed by atoms with Gasteiger partial charge in [0.2, 0.25) is 0 Å². The zero-order chi connectivity index (χ0) is 13.2. The van der Waals surface area contributed by atoms with Crippen molar-refractivity contribution >= 4 is 11.3 Å². The molecule has 1 aromatic heterocycles. The lowest BCUT2D eigenvalue weighted by Crippen LogP contribution is -2.08. The van der Waals surface area contributed by atoms with Gasteiger partial charge in [0.1, 0.15) is 0 Å². The van der Waals surface area contributed by atoms with Crippen LogP contribution in [0.3, 0.4) is 0 Å². The van der Waals surface area contributed by atoms with E-state index in [2.05, 4.69) is 37.2 Å². The van der Waals surface area contributed by atoms with E-state index in [0.29, 0.717) is 5.56 Å². The van der Waals surface area contributed by atoms with Gasteiger partial charge in [-0.1, -0.05) is 32.9 Å². The number of rotatable bonds is 2. The van der Waals surface area contributed by atoms with Gasteiger partial charge in [0, 0.05) is 17.4 Å². The second kappa shape index (κ2) is 4.91. The molecule has 0 saturated carbocycles. The topological polar surface area (TPSA) is 36.7 Å². The fraction of sp³-hybridized carbons (Fsp3) is 0.333. The molecule has 0 fully saturated rings. The molecule has 0 aliphatic carbocycles. The number of hydrogen-bond donors (Lipinski definition) is 0. The maximum absolute atomic E-state index is 8.90. The molecule has 1 aromatic carbocycles. The van der Waals surface area contributed by atoms with E-state index in [-0.39, 0.29) is 5.41 Å². The summed E-state index contributed by atoms with van der Waals surface area (Å²) in [7, 11) is 0. The van der Waals surface area contributed by atoms with Crippen LogP contribution in [0.15, 0.2) is 29.6 Å². The summed E-state index contributed by atoms with van der Waals surface area (Å²) in [5.74, 6) is 0. The lowest BCUT2D eigenvalue weighted by Gasteiger charge is -2.15. The molecule has 92 valence electrons. The molecule has 0 aliphatic rings. The Morgan fingerprint density at radius 2 is 2.11 bits per heavy atom. The van der Waals surface area contributed by atoms with E-state index in [1.807, 2.05) is 24.3 Å². The smallest absolute Gasteiger partial charge is 0.0991 e. The quantitative estimate of drug-likeness (QED) is 0.804. The van der Waals surface area contributed by atoms with Gasteiger partial charge in [-0.25, -0.2) is 4.98 Å². The highest BCUT2D eigenvalue weighted by molar-refractivity contribution is 7.09. The molecular weight excluding hydrogens is 240 g/mol. The number of nitriles is 1. The summed E-state index contributed by atoms with van der Waals surface area (Å²) in [6.07, 6.45) is 0.982. The molecule has 0 bridgehead atoms. The molecule has 0 atom stereocenters. The molecule has 3 heteroatoms. The Morgan fingerprint density at radius 1 is 1.33 bits per heavy atom. The third-order valence-electron chi connectivity index (χ3n) is 2.52. The van der Waals surface area contributed by atoms with Crippen molar-refractivity contribution in [2.45, 2.75) is 27.2 Å². The Morgan fingerprint density at radius 3 is 2.78 bits per heavy atom. The van der Waals surface area contributed by atoms with E-state index in [1.54, 1.807) is 11.3 Å². The van der Waals surface area contributed by atoms with Gasteiger partial charge in [0.25, 0.3) is 0 Å². The largest absolute Gasteiger partial charge is 0.241 e. The average Bonchev–Trinajstić information content (AvgIpc) is 2.75. The minimum atomic E-state index is 0.254. The first-order valence-corrected chi connectivity index (χ1v) is 6.81. The van der Waals surface area contributed by atoms with Gasteiger partial charge in [-0.3, -0.25) is 0 Å². The molecule has 0 unspecified atom stereocenters. The Labute approximate surface area is 112 Å². The number of aromatic nitrogens is 1. The van der Waals surface area contributed by atoms with Crippen LogP contribution < -0.4 is 0 Å². The lowest BCUT2D eigenvalue weighted by molar-refractivity contribution is 0.410. The molecule has 2 aromatic rings. The summed E-state index contributed by atoms with van der Waals surface area (Å²) < 4.78 is 0. The first-order chi connectivity index (χ1) is 8.48.